The fraction of sp³-hybridized carbons (Fsp3) is 0.200. The van der Waals surface area contributed by atoms with E-state index in [9.17, 15) is 23.4 Å². The Balaban J connectivity index is 3.02. The second-order valence-corrected chi connectivity index (χ2v) is 7.31. The van der Waals surface area contributed by atoms with E-state index in [0.29, 0.717) is 6.07 Å². The van der Waals surface area contributed by atoms with E-state index in [1.165, 1.54) is 0 Å². The van der Waals surface area contributed by atoms with Gasteiger partial charge in [-0.15, -0.1) is 0 Å². The van der Waals surface area contributed by atoms with E-state index in [1.807, 2.05) is 0 Å². The first kappa shape index (κ1) is 16.9. The summed E-state index contributed by atoms with van der Waals surface area (Å²) in [7, 11) is 0. The normalized spacial score (nSPS) is 11.0. The molecule has 0 atom stereocenters. The number of carbonyl (C=O) groups is 2. The van der Waals surface area contributed by atoms with Gasteiger partial charge in [0.05, 0.1) is 0 Å². The summed E-state index contributed by atoms with van der Waals surface area (Å²) in [5, 5.41) is 21.4. The predicted molar refractivity (Wildman–Crippen MR) is 69.1 cm³/mol. The quantitative estimate of drug-likeness (QED) is 0.283. The van der Waals surface area contributed by atoms with E-state index in [-0.39, 0.29) is 12.1 Å². The Morgan fingerprint density at radius 1 is 1.29 bits per heavy atom. The zero-order valence-electron chi connectivity index (χ0n) is 10.4. The number of carboxylic acids is 1. The summed E-state index contributed by atoms with van der Waals surface area (Å²) in [5.74, 6) is -1.95. The van der Waals surface area contributed by atoms with E-state index in [4.69, 9.17) is 13.3 Å². The van der Waals surface area contributed by atoms with Gasteiger partial charge in [0.15, 0.2) is 0 Å². The number of anilines is 1. The molecule has 0 spiro atoms. The standard InChI is InChI=1S/C10H11AsN2O8/c14-9(3-4-10(15)16)12-7-2-1-6(11(17,18)19)5-8(7)13(20)21/h1-2,5H,3-4H2,(H,12,14)(H,15,16)(H2,17,18,19). The predicted octanol–water partition coefficient (Wildman–Crippen LogP) is -1.04. The van der Waals surface area contributed by atoms with Gasteiger partial charge in [-0.25, -0.2) is 0 Å². The fourth-order valence-electron chi connectivity index (χ4n) is 1.39. The molecule has 0 heterocycles. The molecule has 1 aromatic carbocycles. The number of rotatable bonds is 6. The van der Waals surface area contributed by atoms with Gasteiger partial charge in [0.1, 0.15) is 0 Å². The van der Waals surface area contributed by atoms with Crippen molar-refractivity contribution in [2.24, 2.45) is 0 Å². The van der Waals surface area contributed by atoms with E-state index in [0.717, 1.165) is 12.1 Å². The van der Waals surface area contributed by atoms with Crippen LogP contribution in [-0.2, 0) is 13.3 Å². The number of nitro benzene ring substituents is 1. The molecule has 0 unspecified atom stereocenters. The molecule has 10 nitrogen and oxygen atoms in total. The molecule has 0 radical (unpaired) electrons. The van der Waals surface area contributed by atoms with Crippen molar-refractivity contribution in [2.45, 2.75) is 12.8 Å². The Kier molecular flexibility index (Phi) is 5.25. The molecule has 1 aromatic rings. The molecular formula is C10H11AsN2O8. The second kappa shape index (κ2) is 6.53. The zero-order chi connectivity index (χ0) is 16.2. The van der Waals surface area contributed by atoms with Crippen molar-refractivity contribution in [2.75, 3.05) is 5.32 Å². The molecule has 21 heavy (non-hydrogen) atoms. The topological polar surface area (TPSA) is 167 Å². The monoisotopic (exact) mass is 362 g/mol. The number of carbonyl (C=O) groups excluding carboxylic acids is 1. The van der Waals surface area contributed by atoms with Gasteiger partial charge in [0, 0.05) is 0 Å². The van der Waals surface area contributed by atoms with Crippen LogP contribution in [-0.4, -0.2) is 44.3 Å². The number of nitrogens with one attached hydrogen (secondary N) is 1. The molecule has 0 saturated carbocycles. The van der Waals surface area contributed by atoms with Gasteiger partial charge < -0.3 is 0 Å². The van der Waals surface area contributed by atoms with Crippen molar-refractivity contribution >= 4 is 41.8 Å². The zero-order valence-corrected chi connectivity index (χ0v) is 12.3. The van der Waals surface area contributed by atoms with Gasteiger partial charge in [0.25, 0.3) is 0 Å². The van der Waals surface area contributed by atoms with E-state index >= 15 is 0 Å². The van der Waals surface area contributed by atoms with Gasteiger partial charge in [-0.1, -0.05) is 0 Å². The van der Waals surface area contributed by atoms with Crippen LogP contribution in [0.2, 0.25) is 0 Å². The van der Waals surface area contributed by atoms with Crippen LogP contribution in [0.25, 0.3) is 0 Å². The number of hydrogen-bond acceptors (Lipinski definition) is 5. The maximum atomic E-state index is 11.4. The van der Waals surface area contributed by atoms with Crippen molar-refractivity contribution in [3.05, 3.63) is 28.3 Å². The van der Waals surface area contributed by atoms with Crippen LogP contribution >= 0.6 is 0 Å². The molecule has 1 rings (SSSR count). The number of nitro groups is 1. The molecule has 0 bridgehead atoms. The number of nitrogens with zero attached hydrogens (tertiary/aromatic N) is 1. The number of carboxylic acid groups (broad SMARTS) is 1. The van der Waals surface area contributed by atoms with Crippen LogP contribution in [0.5, 0.6) is 0 Å². The van der Waals surface area contributed by atoms with Crippen LogP contribution < -0.4 is 9.67 Å². The third kappa shape index (κ3) is 5.03. The maximum absolute atomic E-state index is 11.4. The average molecular weight is 362 g/mol. The second-order valence-electron chi connectivity index (χ2n) is 3.94. The van der Waals surface area contributed by atoms with Gasteiger partial charge in [0.2, 0.25) is 0 Å². The molecule has 0 aliphatic heterocycles. The Morgan fingerprint density at radius 3 is 2.38 bits per heavy atom. The average Bonchev–Trinajstić information content (AvgIpc) is 2.35. The van der Waals surface area contributed by atoms with Crippen LogP contribution in [0, 0.1) is 10.1 Å². The van der Waals surface area contributed by atoms with Gasteiger partial charge in [-0.2, -0.15) is 0 Å². The summed E-state index contributed by atoms with van der Waals surface area (Å²) in [6.07, 6.45) is -0.820. The SMILES string of the molecule is O=C(O)CCC(=O)Nc1ccc([As](=O)(O)O)cc1[N+](=O)[O-]. The summed E-state index contributed by atoms with van der Waals surface area (Å²) in [6, 6.07) is 2.65. The van der Waals surface area contributed by atoms with Crippen LogP contribution in [0.15, 0.2) is 18.2 Å². The van der Waals surface area contributed by atoms with Gasteiger partial charge in [-0.3, -0.25) is 0 Å². The molecule has 0 aliphatic rings. The Labute approximate surface area is 120 Å². The third-order valence-electron chi connectivity index (χ3n) is 2.35. The van der Waals surface area contributed by atoms with E-state index in [2.05, 4.69) is 5.32 Å². The van der Waals surface area contributed by atoms with Gasteiger partial charge >= 0.3 is 120 Å². The number of amides is 1. The minimum atomic E-state index is -5.29. The Bertz CT molecular complexity index is 638. The molecule has 4 N–H and O–H groups in total. The van der Waals surface area contributed by atoms with E-state index in [1.54, 1.807) is 0 Å². The third-order valence-corrected chi connectivity index (χ3v) is 4.35. The summed E-state index contributed by atoms with van der Waals surface area (Å²) in [6.45, 7) is 0. The van der Waals surface area contributed by atoms with Crippen molar-refractivity contribution in [1.82, 2.24) is 0 Å². The van der Waals surface area contributed by atoms with Crippen molar-refractivity contribution in [3.63, 3.8) is 0 Å². The fourth-order valence-corrected chi connectivity index (χ4v) is 2.56. The minimum absolute atomic E-state index is 0.261. The summed E-state index contributed by atoms with van der Waals surface area (Å²) >= 11 is -5.29. The number of hydrogen-bond donors (Lipinski definition) is 4. The molecular weight excluding hydrogens is 351 g/mol. The molecule has 11 heteroatoms. The number of benzene rings is 1. The summed E-state index contributed by atoms with van der Waals surface area (Å²) in [4.78, 5) is 31.7. The van der Waals surface area contributed by atoms with Crippen molar-refractivity contribution in [3.8, 4) is 0 Å². The Hall–Kier alpha value is -2.16. The Morgan fingerprint density at radius 2 is 1.90 bits per heavy atom. The van der Waals surface area contributed by atoms with Crippen molar-refractivity contribution in [1.29, 1.82) is 0 Å². The van der Waals surface area contributed by atoms with Crippen LogP contribution in [0.1, 0.15) is 12.8 Å². The summed E-state index contributed by atoms with van der Waals surface area (Å²) in [5.41, 5.74) is -0.941. The molecule has 0 saturated heterocycles. The van der Waals surface area contributed by atoms with Crippen molar-refractivity contribution < 1.29 is 31.5 Å². The first-order valence-electron chi connectivity index (χ1n) is 5.47. The van der Waals surface area contributed by atoms with Gasteiger partial charge in [-0.05, 0) is 0 Å². The molecule has 114 valence electrons. The molecule has 0 fully saturated rings. The number of aliphatic carboxylic acids is 1. The van der Waals surface area contributed by atoms with Crippen LogP contribution in [0.3, 0.4) is 0 Å². The van der Waals surface area contributed by atoms with E-state index < -0.39 is 47.4 Å². The summed E-state index contributed by atoms with van der Waals surface area (Å²) < 4.78 is 28.6. The van der Waals surface area contributed by atoms with Crippen LogP contribution in [0.4, 0.5) is 11.4 Å². The first-order chi connectivity index (χ1) is 9.61. The molecule has 0 aliphatic carbocycles. The first-order valence-corrected chi connectivity index (χ1v) is 8.85. The molecule has 0 aromatic heterocycles. The molecule has 1 amide bonds.